The second-order valence-corrected chi connectivity index (χ2v) is 6.17. The molecule has 1 aromatic carbocycles. The molecule has 0 radical (unpaired) electrons. The van der Waals surface area contributed by atoms with Crippen LogP contribution in [0.1, 0.15) is 31.7 Å². The number of likely N-dealkylation sites (tertiary alicyclic amines) is 1. The molecule has 1 saturated heterocycles. The summed E-state index contributed by atoms with van der Waals surface area (Å²) in [7, 11) is 0. The Labute approximate surface area is 156 Å². The third-order valence-corrected chi connectivity index (χ3v) is 4.26. The van der Waals surface area contributed by atoms with Crippen LogP contribution in [-0.2, 0) is 15.7 Å². The van der Waals surface area contributed by atoms with E-state index in [9.17, 15) is 22.8 Å². The highest BCUT2D eigenvalue weighted by molar-refractivity contribution is 5.94. The third-order valence-electron chi connectivity index (χ3n) is 4.26. The fourth-order valence-electron chi connectivity index (χ4n) is 2.96. The number of para-hydroxylation sites is 1. The SMILES string of the molecule is CCOCCCNC(=O)C1CCCN1C(=O)Nc1ccccc1C(F)(F)F. The van der Waals surface area contributed by atoms with Crippen LogP contribution in [0.2, 0.25) is 0 Å². The lowest BCUT2D eigenvalue weighted by atomic mass is 10.1. The predicted molar refractivity (Wildman–Crippen MR) is 94.3 cm³/mol. The maximum absolute atomic E-state index is 13.1. The maximum Gasteiger partial charge on any atom is 0.418 e. The molecule has 1 heterocycles. The number of anilines is 1. The van der Waals surface area contributed by atoms with Gasteiger partial charge in [-0.15, -0.1) is 0 Å². The number of hydrogen-bond donors (Lipinski definition) is 2. The van der Waals surface area contributed by atoms with Crippen molar-refractivity contribution in [3.05, 3.63) is 29.8 Å². The van der Waals surface area contributed by atoms with Crippen molar-refractivity contribution in [2.75, 3.05) is 31.6 Å². The zero-order valence-corrected chi connectivity index (χ0v) is 15.1. The lowest BCUT2D eigenvalue weighted by Gasteiger charge is -2.25. The number of nitrogens with one attached hydrogen (secondary N) is 2. The number of urea groups is 1. The number of nitrogens with zero attached hydrogens (tertiary/aromatic N) is 1. The molecule has 1 aliphatic heterocycles. The van der Waals surface area contributed by atoms with Crippen LogP contribution in [0, 0.1) is 0 Å². The van der Waals surface area contributed by atoms with Crippen molar-refractivity contribution in [3.63, 3.8) is 0 Å². The molecule has 6 nitrogen and oxygen atoms in total. The fourth-order valence-corrected chi connectivity index (χ4v) is 2.96. The van der Waals surface area contributed by atoms with Gasteiger partial charge < -0.3 is 20.3 Å². The highest BCUT2D eigenvalue weighted by atomic mass is 19.4. The zero-order valence-electron chi connectivity index (χ0n) is 15.1. The first-order valence-corrected chi connectivity index (χ1v) is 8.94. The molecule has 0 spiro atoms. The predicted octanol–water partition coefficient (Wildman–Crippen LogP) is 3.24. The third kappa shape index (κ3) is 5.85. The molecule has 1 unspecified atom stereocenters. The van der Waals surface area contributed by atoms with E-state index in [1.165, 1.54) is 23.1 Å². The van der Waals surface area contributed by atoms with E-state index in [0.29, 0.717) is 45.6 Å². The van der Waals surface area contributed by atoms with Crippen molar-refractivity contribution < 1.29 is 27.5 Å². The highest BCUT2D eigenvalue weighted by Crippen LogP contribution is 2.34. The molecule has 3 amide bonds. The molecule has 2 rings (SSSR count). The van der Waals surface area contributed by atoms with E-state index in [0.717, 1.165) is 6.07 Å². The maximum atomic E-state index is 13.1. The molecule has 2 N–H and O–H groups in total. The summed E-state index contributed by atoms with van der Waals surface area (Å²) in [6.45, 7) is 3.74. The van der Waals surface area contributed by atoms with E-state index in [-0.39, 0.29) is 11.6 Å². The number of ether oxygens (including phenoxy) is 1. The molecule has 1 aliphatic rings. The van der Waals surface area contributed by atoms with Crippen molar-refractivity contribution in [2.45, 2.75) is 38.4 Å². The summed E-state index contributed by atoms with van der Waals surface area (Å²) in [5, 5.41) is 5.04. The first kappa shape index (κ1) is 21.0. The second kappa shape index (κ2) is 9.59. The van der Waals surface area contributed by atoms with Gasteiger partial charge in [0.05, 0.1) is 11.3 Å². The van der Waals surface area contributed by atoms with Gasteiger partial charge in [0.1, 0.15) is 6.04 Å². The van der Waals surface area contributed by atoms with E-state index in [1.807, 2.05) is 6.92 Å². The minimum atomic E-state index is -4.58. The first-order chi connectivity index (χ1) is 12.8. The molecule has 0 bridgehead atoms. The fraction of sp³-hybridized carbons (Fsp3) is 0.556. The van der Waals surface area contributed by atoms with Crippen LogP contribution in [0.4, 0.5) is 23.7 Å². The Hall–Kier alpha value is -2.29. The highest BCUT2D eigenvalue weighted by Gasteiger charge is 2.36. The van der Waals surface area contributed by atoms with Gasteiger partial charge in [-0.1, -0.05) is 12.1 Å². The standard InChI is InChI=1S/C18H24F3N3O3/c1-2-27-12-6-10-22-16(25)15-9-5-11-24(15)17(26)23-14-8-4-3-7-13(14)18(19,20)21/h3-4,7-8,15H,2,5-6,9-12H2,1H3,(H,22,25)(H,23,26). The van der Waals surface area contributed by atoms with Crippen LogP contribution in [-0.4, -0.2) is 49.2 Å². The van der Waals surface area contributed by atoms with Crippen LogP contribution in [0.5, 0.6) is 0 Å². The van der Waals surface area contributed by atoms with Crippen LogP contribution in [0.3, 0.4) is 0 Å². The van der Waals surface area contributed by atoms with Crippen LogP contribution in [0.15, 0.2) is 24.3 Å². The molecule has 1 aromatic rings. The molecular weight excluding hydrogens is 363 g/mol. The minimum absolute atomic E-state index is 0.303. The van der Waals surface area contributed by atoms with Crippen molar-refractivity contribution in [2.24, 2.45) is 0 Å². The summed E-state index contributed by atoms with van der Waals surface area (Å²) in [6, 6.07) is 3.38. The monoisotopic (exact) mass is 387 g/mol. The normalized spacial score (nSPS) is 17.0. The number of rotatable bonds is 7. The lowest BCUT2D eigenvalue weighted by molar-refractivity contribution is -0.137. The Morgan fingerprint density at radius 1 is 1.30 bits per heavy atom. The van der Waals surface area contributed by atoms with Crippen molar-refractivity contribution in [3.8, 4) is 0 Å². The molecular formula is C18H24F3N3O3. The average Bonchev–Trinajstić information content (AvgIpc) is 3.11. The van der Waals surface area contributed by atoms with Gasteiger partial charge >= 0.3 is 12.2 Å². The summed E-state index contributed by atoms with van der Waals surface area (Å²) in [5.74, 6) is -0.303. The minimum Gasteiger partial charge on any atom is -0.382 e. The van der Waals surface area contributed by atoms with Gasteiger partial charge in [0.25, 0.3) is 0 Å². The van der Waals surface area contributed by atoms with Gasteiger partial charge in [0, 0.05) is 26.3 Å². The Bertz CT molecular complexity index is 652. The van der Waals surface area contributed by atoms with E-state index >= 15 is 0 Å². The quantitative estimate of drug-likeness (QED) is 0.706. The summed E-state index contributed by atoms with van der Waals surface area (Å²) < 4.78 is 44.4. The number of benzene rings is 1. The number of hydrogen-bond acceptors (Lipinski definition) is 3. The van der Waals surface area contributed by atoms with E-state index in [2.05, 4.69) is 10.6 Å². The molecule has 9 heteroatoms. The summed E-state index contributed by atoms with van der Waals surface area (Å²) in [4.78, 5) is 26.1. The summed E-state index contributed by atoms with van der Waals surface area (Å²) >= 11 is 0. The van der Waals surface area contributed by atoms with Gasteiger partial charge in [-0.3, -0.25) is 4.79 Å². The van der Waals surface area contributed by atoms with Gasteiger partial charge in [-0.05, 0) is 38.3 Å². The second-order valence-electron chi connectivity index (χ2n) is 6.17. The Balaban J connectivity index is 1.97. The smallest absolute Gasteiger partial charge is 0.382 e. The van der Waals surface area contributed by atoms with E-state index in [4.69, 9.17) is 4.74 Å². The van der Waals surface area contributed by atoms with Gasteiger partial charge in [0.15, 0.2) is 0 Å². The van der Waals surface area contributed by atoms with E-state index < -0.39 is 23.8 Å². The van der Waals surface area contributed by atoms with E-state index in [1.54, 1.807) is 0 Å². The summed E-state index contributed by atoms with van der Waals surface area (Å²) in [6.07, 6.45) is -2.83. The van der Waals surface area contributed by atoms with Crippen molar-refractivity contribution >= 4 is 17.6 Å². The molecule has 1 atom stereocenters. The largest absolute Gasteiger partial charge is 0.418 e. The molecule has 150 valence electrons. The van der Waals surface area contributed by atoms with Gasteiger partial charge in [-0.25, -0.2) is 4.79 Å². The molecule has 0 saturated carbocycles. The average molecular weight is 387 g/mol. The van der Waals surface area contributed by atoms with Crippen molar-refractivity contribution in [1.29, 1.82) is 0 Å². The lowest BCUT2D eigenvalue weighted by Crippen LogP contribution is -2.47. The van der Waals surface area contributed by atoms with Crippen LogP contribution < -0.4 is 10.6 Å². The Morgan fingerprint density at radius 2 is 2.04 bits per heavy atom. The first-order valence-electron chi connectivity index (χ1n) is 8.94. The molecule has 27 heavy (non-hydrogen) atoms. The zero-order chi connectivity index (χ0) is 19.9. The Kier molecular flexibility index (Phi) is 7.46. The molecule has 0 aromatic heterocycles. The van der Waals surface area contributed by atoms with Crippen LogP contribution in [0.25, 0.3) is 0 Å². The molecule has 1 fully saturated rings. The van der Waals surface area contributed by atoms with Gasteiger partial charge in [0.2, 0.25) is 5.91 Å². The van der Waals surface area contributed by atoms with Gasteiger partial charge in [-0.2, -0.15) is 13.2 Å². The number of amides is 3. The van der Waals surface area contributed by atoms with Crippen molar-refractivity contribution in [1.82, 2.24) is 10.2 Å². The molecule has 0 aliphatic carbocycles. The number of halogens is 3. The number of alkyl halides is 3. The van der Waals surface area contributed by atoms with Crippen LogP contribution >= 0.6 is 0 Å². The number of carbonyl (C=O) groups excluding carboxylic acids is 2. The number of carbonyl (C=O) groups is 2. The Morgan fingerprint density at radius 3 is 2.74 bits per heavy atom. The summed E-state index contributed by atoms with van der Waals surface area (Å²) in [5.41, 5.74) is -1.24. The topological polar surface area (TPSA) is 70.7 Å².